The molecule has 4 nitrogen and oxygen atoms in total. The highest BCUT2D eigenvalue weighted by Gasteiger charge is 2.05. The molecular formula is C13H8N2O2S. The molecule has 0 atom stereocenters. The molecule has 0 radical (unpaired) electrons. The molecule has 18 heavy (non-hydrogen) atoms. The Morgan fingerprint density at radius 3 is 2.61 bits per heavy atom. The molecule has 0 spiro atoms. The van der Waals surface area contributed by atoms with Gasteiger partial charge in [-0.05, 0) is 30.3 Å². The Kier molecular flexibility index (Phi) is 3.60. The van der Waals surface area contributed by atoms with Crippen molar-refractivity contribution in [3.63, 3.8) is 0 Å². The van der Waals surface area contributed by atoms with E-state index in [1.54, 1.807) is 30.6 Å². The lowest BCUT2D eigenvalue weighted by Crippen LogP contribution is -1.94. The monoisotopic (exact) mass is 256 g/mol. The minimum absolute atomic E-state index is 0.242. The Labute approximate surface area is 108 Å². The number of nitriles is 1. The molecule has 0 saturated heterocycles. The molecule has 0 saturated carbocycles. The lowest BCUT2D eigenvalue weighted by molar-refractivity contribution is 0.0697. The van der Waals surface area contributed by atoms with Crippen molar-refractivity contribution in [2.75, 3.05) is 0 Å². The summed E-state index contributed by atoms with van der Waals surface area (Å²) < 4.78 is 0. The van der Waals surface area contributed by atoms with E-state index in [1.165, 1.54) is 23.9 Å². The van der Waals surface area contributed by atoms with Crippen molar-refractivity contribution >= 4 is 17.7 Å². The van der Waals surface area contributed by atoms with Gasteiger partial charge < -0.3 is 5.11 Å². The lowest BCUT2D eigenvalue weighted by Gasteiger charge is -2.03. The van der Waals surface area contributed by atoms with E-state index in [1.807, 2.05) is 0 Å². The van der Waals surface area contributed by atoms with Crippen LogP contribution in [-0.4, -0.2) is 16.1 Å². The summed E-state index contributed by atoms with van der Waals surface area (Å²) in [6.07, 6.45) is 3.18. The van der Waals surface area contributed by atoms with E-state index in [0.29, 0.717) is 5.56 Å². The first-order chi connectivity index (χ1) is 8.70. The largest absolute Gasteiger partial charge is 0.478 e. The molecule has 0 aliphatic rings. The van der Waals surface area contributed by atoms with E-state index in [4.69, 9.17) is 10.4 Å². The van der Waals surface area contributed by atoms with Crippen LogP contribution in [0.5, 0.6) is 0 Å². The van der Waals surface area contributed by atoms with Gasteiger partial charge in [-0.2, -0.15) is 5.26 Å². The second kappa shape index (κ2) is 5.34. The Morgan fingerprint density at radius 1 is 1.28 bits per heavy atom. The van der Waals surface area contributed by atoms with Crippen LogP contribution in [0.4, 0.5) is 0 Å². The maximum Gasteiger partial charge on any atom is 0.335 e. The SMILES string of the molecule is N#Cc1ccncc1Sc1ccc(C(=O)O)cc1. The van der Waals surface area contributed by atoms with Gasteiger partial charge in [0.2, 0.25) is 0 Å². The Hall–Kier alpha value is -2.32. The number of nitrogens with zero attached hydrogens (tertiary/aromatic N) is 2. The number of carboxylic acids is 1. The van der Waals surface area contributed by atoms with Gasteiger partial charge >= 0.3 is 5.97 Å². The number of aromatic nitrogens is 1. The fourth-order valence-corrected chi connectivity index (χ4v) is 2.21. The van der Waals surface area contributed by atoms with E-state index in [0.717, 1.165) is 9.79 Å². The minimum atomic E-state index is -0.953. The molecule has 2 rings (SSSR count). The number of pyridine rings is 1. The number of carbonyl (C=O) groups is 1. The van der Waals surface area contributed by atoms with Crippen molar-refractivity contribution in [1.29, 1.82) is 5.26 Å². The molecule has 1 N–H and O–H groups in total. The van der Waals surface area contributed by atoms with Gasteiger partial charge in [-0.15, -0.1) is 0 Å². The molecule has 88 valence electrons. The summed E-state index contributed by atoms with van der Waals surface area (Å²) in [6.45, 7) is 0. The highest BCUT2D eigenvalue weighted by molar-refractivity contribution is 7.99. The molecule has 0 aliphatic heterocycles. The molecule has 0 aliphatic carbocycles. The average molecular weight is 256 g/mol. The number of aromatic carboxylic acids is 1. The fourth-order valence-electron chi connectivity index (χ4n) is 1.35. The fraction of sp³-hybridized carbons (Fsp3) is 0. The summed E-state index contributed by atoms with van der Waals surface area (Å²) in [5.41, 5.74) is 0.795. The van der Waals surface area contributed by atoms with Crippen LogP contribution in [0.25, 0.3) is 0 Å². The van der Waals surface area contributed by atoms with Gasteiger partial charge in [-0.1, -0.05) is 11.8 Å². The van der Waals surface area contributed by atoms with Crippen LogP contribution in [-0.2, 0) is 0 Å². The van der Waals surface area contributed by atoms with Crippen molar-refractivity contribution in [3.05, 3.63) is 53.9 Å². The maximum absolute atomic E-state index is 10.7. The highest BCUT2D eigenvalue weighted by Crippen LogP contribution is 2.29. The zero-order chi connectivity index (χ0) is 13.0. The van der Waals surface area contributed by atoms with Gasteiger partial charge in [0.25, 0.3) is 0 Å². The smallest absolute Gasteiger partial charge is 0.335 e. The van der Waals surface area contributed by atoms with Crippen molar-refractivity contribution in [3.8, 4) is 6.07 Å². The number of rotatable bonds is 3. The van der Waals surface area contributed by atoms with Crippen LogP contribution in [0, 0.1) is 11.3 Å². The summed E-state index contributed by atoms with van der Waals surface area (Å²) in [7, 11) is 0. The van der Waals surface area contributed by atoms with E-state index >= 15 is 0 Å². The molecule has 0 bridgehead atoms. The maximum atomic E-state index is 10.7. The van der Waals surface area contributed by atoms with E-state index in [9.17, 15) is 4.79 Å². The van der Waals surface area contributed by atoms with Gasteiger partial charge in [0.15, 0.2) is 0 Å². The van der Waals surface area contributed by atoms with Crippen LogP contribution >= 0.6 is 11.8 Å². The highest BCUT2D eigenvalue weighted by atomic mass is 32.2. The van der Waals surface area contributed by atoms with Crippen molar-refractivity contribution in [2.24, 2.45) is 0 Å². The van der Waals surface area contributed by atoms with E-state index in [-0.39, 0.29) is 5.56 Å². The van der Waals surface area contributed by atoms with Crippen LogP contribution in [0.3, 0.4) is 0 Å². The van der Waals surface area contributed by atoms with Crippen molar-refractivity contribution < 1.29 is 9.90 Å². The lowest BCUT2D eigenvalue weighted by atomic mass is 10.2. The molecule has 1 heterocycles. The van der Waals surface area contributed by atoms with E-state index < -0.39 is 5.97 Å². The first-order valence-electron chi connectivity index (χ1n) is 5.06. The van der Waals surface area contributed by atoms with Crippen molar-refractivity contribution in [1.82, 2.24) is 4.98 Å². The minimum Gasteiger partial charge on any atom is -0.478 e. The summed E-state index contributed by atoms with van der Waals surface area (Å²) in [5.74, 6) is -0.953. The molecule has 0 amide bonds. The van der Waals surface area contributed by atoms with Crippen LogP contribution < -0.4 is 0 Å². The molecule has 1 aromatic heterocycles. The van der Waals surface area contributed by atoms with Gasteiger partial charge in [-0.25, -0.2) is 4.79 Å². The zero-order valence-corrected chi connectivity index (χ0v) is 10.0. The third-order valence-corrected chi connectivity index (χ3v) is 3.29. The molecule has 1 aromatic carbocycles. The number of hydrogen-bond donors (Lipinski definition) is 1. The topological polar surface area (TPSA) is 74.0 Å². The number of hydrogen-bond acceptors (Lipinski definition) is 4. The third-order valence-electron chi connectivity index (χ3n) is 2.23. The summed E-state index contributed by atoms with van der Waals surface area (Å²) in [5, 5.41) is 17.7. The first-order valence-corrected chi connectivity index (χ1v) is 5.87. The first kappa shape index (κ1) is 12.1. The standard InChI is InChI=1S/C13H8N2O2S/c14-7-10-5-6-15-8-12(10)18-11-3-1-9(2-4-11)13(16)17/h1-6,8H,(H,16,17). The Balaban J connectivity index is 2.24. The average Bonchev–Trinajstić information content (AvgIpc) is 2.40. The Morgan fingerprint density at radius 2 is 2.00 bits per heavy atom. The van der Waals surface area contributed by atoms with Crippen molar-refractivity contribution in [2.45, 2.75) is 9.79 Å². The number of carboxylic acid groups (broad SMARTS) is 1. The summed E-state index contributed by atoms with van der Waals surface area (Å²) >= 11 is 1.38. The van der Waals surface area contributed by atoms with Gasteiger partial charge in [-0.3, -0.25) is 4.98 Å². The van der Waals surface area contributed by atoms with Crippen LogP contribution in [0.2, 0.25) is 0 Å². The molecule has 0 unspecified atom stereocenters. The third kappa shape index (κ3) is 2.67. The summed E-state index contributed by atoms with van der Waals surface area (Å²) in [4.78, 5) is 16.3. The molecule has 5 heteroatoms. The predicted molar refractivity (Wildman–Crippen MR) is 66.5 cm³/mol. The zero-order valence-electron chi connectivity index (χ0n) is 9.20. The predicted octanol–water partition coefficient (Wildman–Crippen LogP) is 2.80. The molecule has 0 fully saturated rings. The second-order valence-electron chi connectivity index (χ2n) is 3.42. The summed E-state index contributed by atoms with van der Waals surface area (Å²) in [6, 6.07) is 10.2. The second-order valence-corrected chi connectivity index (χ2v) is 4.53. The number of benzene rings is 1. The van der Waals surface area contributed by atoms with Crippen LogP contribution in [0.15, 0.2) is 52.5 Å². The van der Waals surface area contributed by atoms with E-state index in [2.05, 4.69) is 11.1 Å². The molecular weight excluding hydrogens is 248 g/mol. The van der Waals surface area contributed by atoms with Gasteiger partial charge in [0.1, 0.15) is 6.07 Å². The normalized spacial score (nSPS) is 9.72. The quantitative estimate of drug-likeness (QED) is 0.914. The Bertz CT molecular complexity index is 618. The van der Waals surface area contributed by atoms with Gasteiger partial charge in [0, 0.05) is 22.2 Å². The van der Waals surface area contributed by atoms with Crippen LogP contribution in [0.1, 0.15) is 15.9 Å². The molecule has 2 aromatic rings. The van der Waals surface area contributed by atoms with Gasteiger partial charge in [0.05, 0.1) is 11.1 Å².